The van der Waals surface area contributed by atoms with E-state index in [4.69, 9.17) is 4.74 Å². The lowest BCUT2D eigenvalue weighted by Crippen LogP contribution is -2.50. The topological polar surface area (TPSA) is 29.5 Å². The molecule has 0 amide bonds. The van der Waals surface area contributed by atoms with Gasteiger partial charge in [0.25, 0.3) is 0 Å². The van der Waals surface area contributed by atoms with Crippen molar-refractivity contribution in [2.45, 2.75) is 38.6 Å². The summed E-state index contributed by atoms with van der Waals surface area (Å²) in [6.45, 7) is 6.10. The van der Waals surface area contributed by atoms with E-state index in [-0.39, 0.29) is 24.0 Å². The van der Waals surface area contributed by atoms with Crippen molar-refractivity contribution in [3.05, 3.63) is 71.8 Å². The molecule has 2 aromatic rings. The fraction of sp³-hybridized carbons (Fsp3) is 0.400. The first-order chi connectivity index (χ1) is 10.5. The molecule has 1 aliphatic rings. The summed E-state index contributed by atoms with van der Waals surface area (Å²) in [5.41, 5.74) is 1.48. The summed E-state index contributed by atoms with van der Waals surface area (Å²) in [6.07, 6.45) is -0.199. The van der Waals surface area contributed by atoms with Gasteiger partial charge in [-0.25, -0.2) is 0 Å². The Balaban J connectivity index is 1.99. The molecule has 1 unspecified atom stereocenters. The zero-order valence-electron chi connectivity index (χ0n) is 13.4. The number of benzene rings is 2. The van der Waals surface area contributed by atoms with Crippen LogP contribution in [-0.4, -0.2) is 10.7 Å². The van der Waals surface area contributed by atoms with Gasteiger partial charge in [-0.15, -0.1) is 0 Å². The predicted molar refractivity (Wildman–Crippen MR) is 88.4 cm³/mol. The highest BCUT2D eigenvalue weighted by atomic mass is 16.5. The zero-order chi connectivity index (χ0) is 15.7. The average molecular weight is 296 g/mol. The molecule has 1 heterocycles. The smallest absolute Gasteiger partial charge is 0.0886 e. The minimum Gasteiger partial charge on any atom is -0.389 e. The van der Waals surface area contributed by atoms with Crippen LogP contribution >= 0.6 is 0 Å². The molecule has 22 heavy (non-hydrogen) atoms. The molecule has 0 spiro atoms. The molecule has 2 aromatic carbocycles. The predicted octanol–water partition coefficient (Wildman–Crippen LogP) is 4.52. The Labute approximate surface area is 132 Å². The molecule has 1 fully saturated rings. The van der Waals surface area contributed by atoms with Crippen molar-refractivity contribution in [1.29, 1.82) is 0 Å². The van der Waals surface area contributed by atoms with E-state index in [1.54, 1.807) is 0 Å². The molecule has 5 atom stereocenters. The van der Waals surface area contributed by atoms with Crippen LogP contribution in [-0.2, 0) is 4.74 Å². The highest BCUT2D eigenvalue weighted by Gasteiger charge is 2.49. The van der Waals surface area contributed by atoms with Crippen LogP contribution in [0.25, 0.3) is 0 Å². The Kier molecular flexibility index (Phi) is 4.07. The van der Waals surface area contributed by atoms with E-state index in [1.807, 2.05) is 43.3 Å². The van der Waals surface area contributed by atoms with E-state index in [0.29, 0.717) is 0 Å². The Morgan fingerprint density at radius 2 is 1.14 bits per heavy atom. The van der Waals surface area contributed by atoms with Crippen LogP contribution in [0, 0.1) is 11.8 Å². The first-order valence-corrected chi connectivity index (χ1v) is 7.99. The van der Waals surface area contributed by atoms with E-state index in [0.717, 1.165) is 11.1 Å². The minimum atomic E-state index is -0.779. The highest BCUT2D eigenvalue weighted by Crippen LogP contribution is 2.50. The number of hydrogen-bond acceptors (Lipinski definition) is 2. The molecule has 1 aliphatic heterocycles. The number of hydrogen-bond donors (Lipinski definition) is 1. The van der Waals surface area contributed by atoms with Gasteiger partial charge in [-0.05, 0) is 18.1 Å². The molecule has 116 valence electrons. The van der Waals surface area contributed by atoms with Gasteiger partial charge in [0.1, 0.15) is 0 Å². The standard InChI is InChI=1S/C20H24O2/c1-14-18(16-10-6-4-7-11-16)22-19(15(2)20(14,3)21)17-12-8-5-9-13-17/h4-15,18-19,21H,1-3H3/t14-,15+,18+,19-,20?. The Morgan fingerprint density at radius 3 is 1.50 bits per heavy atom. The first kappa shape index (κ1) is 15.3. The molecular weight excluding hydrogens is 272 g/mol. The molecule has 0 aromatic heterocycles. The summed E-state index contributed by atoms with van der Waals surface area (Å²) in [7, 11) is 0. The molecule has 3 rings (SSSR count). The summed E-state index contributed by atoms with van der Waals surface area (Å²) in [5.74, 6) is 0.0646. The Morgan fingerprint density at radius 1 is 0.773 bits per heavy atom. The van der Waals surface area contributed by atoms with Crippen molar-refractivity contribution < 1.29 is 9.84 Å². The Bertz CT molecular complexity index is 553. The largest absolute Gasteiger partial charge is 0.389 e. The van der Waals surface area contributed by atoms with Gasteiger partial charge in [0, 0.05) is 11.8 Å². The molecule has 1 saturated heterocycles. The number of aliphatic hydroxyl groups is 1. The van der Waals surface area contributed by atoms with Crippen molar-refractivity contribution in [1.82, 2.24) is 0 Å². The van der Waals surface area contributed by atoms with Crippen molar-refractivity contribution >= 4 is 0 Å². The average Bonchev–Trinajstić information content (AvgIpc) is 2.55. The summed E-state index contributed by atoms with van der Waals surface area (Å²) >= 11 is 0. The van der Waals surface area contributed by atoms with Crippen molar-refractivity contribution in [3.63, 3.8) is 0 Å². The van der Waals surface area contributed by atoms with E-state index in [2.05, 4.69) is 38.1 Å². The molecule has 0 aliphatic carbocycles. The lowest BCUT2D eigenvalue weighted by atomic mass is 9.70. The second kappa shape index (κ2) is 5.86. The van der Waals surface area contributed by atoms with Crippen LogP contribution in [0.15, 0.2) is 60.7 Å². The fourth-order valence-corrected chi connectivity index (χ4v) is 3.44. The second-order valence-electron chi connectivity index (χ2n) is 6.60. The maximum atomic E-state index is 11.1. The van der Waals surface area contributed by atoms with Crippen LogP contribution in [0.3, 0.4) is 0 Å². The van der Waals surface area contributed by atoms with Gasteiger partial charge in [-0.3, -0.25) is 0 Å². The SMILES string of the molecule is C[C@@H]1[C@@H](c2ccccc2)O[C@@H](c2ccccc2)[C@H](C)C1(C)O. The lowest BCUT2D eigenvalue weighted by molar-refractivity contribution is -0.214. The molecule has 0 radical (unpaired) electrons. The van der Waals surface area contributed by atoms with Crippen molar-refractivity contribution in [2.24, 2.45) is 11.8 Å². The monoisotopic (exact) mass is 296 g/mol. The van der Waals surface area contributed by atoms with Gasteiger partial charge in [0.15, 0.2) is 0 Å². The summed E-state index contributed by atoms with van der Waals surface area (Å²) in [6, 6.07) is 20.4. The summed E-state index contributed by atoms with van der Waals surface area (Å²) in [5, 5.41) is 11.1. The fourth-order valence-electron chi connectivity index (χ4n) is 3.44. The lowest BCUT2D eigenvalue weighted by Gasteiger charge is -2.49. The summed E-state index contributed by atoms with van der Waals surface area (Å²) in [4.78, 5) is 0. The van der Waals surface area contributed by atoms with E-state index in [1.165, 1.54) is 0 Å². The Hall–Kier alpha value is -1.64. The molecule has 0 bridgehead atoms. The third kappa shape index (κ3) is 2.57. The van der Waals surface area contributed by atoms with E-state index < -0.39 is 5.60 Å². The van der Waals surface area contributed by atoms with Gasteiger partial charge in [0.05, 0.1) is 17.8 Å². The quantitative estimate of drug-likeness (QED) is 0.882. The molecular formula is C20H24O2. The van der Waals surface area contributed by atoms with Crippen LogP contribution in [0.4, 0.5) is 0 Å². The molecule has 2 nitrogen and oxygen atoms in total. The van der Waals surface area contributed by atoms with Crippen LogP contribution in [0.5, 0.6) is 0 Å². The van der Waals surface area contributed by atoms with Gasteiger partial charge < -0.3 is 9.84 Å². The minimum absolute atomic E-state index is 0.0323. The third-order valence-corrected chi connectivity index (χ3v) is 5.30. The second-order valence-corrected chi connectivity index (χ2v) is 6.60. The molecule has 0 saturated carbocycles. The van der Waals surface area contributed by atoms with Crippen LogP contribution in [0.2, 0.25) is 0 Å². The third-order valence-electron chi connectivity index (χ3n) is 5.30. The highest BCUT2D eigenvalue weighted by molar-refractivity contribution is 5.24. The molecule has 2 heteroatoms. The van der Waals surface area contributed by atoms with Gasteiger partial charge in [-0.1, -0.05) is 74.5 Å². The summed E-state index contributed by atoms with van der Waals surface area (Å²) < 4.78 is 6.46. The molecule has 1 N–H and O–H groups in total. The van der Waals surface area contributed by atoms with Crippen LogP contribution < -0.4 is 0 Å². The van der Waals surface area contributed by atoms with Crippen molar-refractivity contribution in [2.75, 3.05) is 0 Å². The van der Waals surface area contributed by atoms with Gasteiger partial charge >= 0.3 is 0 Å². The maximum Gasteiger partial charge on any atom is 0.0886 e. The van der Waals surface area contributed by atoms with E-state index in [9.17, 15) is 5.11 Å². The zero-order valence-corrected chi connectivity index (χ0v) is 13.4. The number of rotatable bonds is 2. The maximum absolute atomic E-state index is 11.1. The van der Waals surface area contributed by atoms with E-state index >= 15 is 0 Å². The van der Waals surface area contributed by atoms with Gasteiger partial charge in [-0.2, -0.15) is 0 Å². The first-order valence-electron chi connectivity index (χ1n) is 7.99. The van der Waals surface area contributed by atoms with Gasteiger partial charge in [0.2, 0.25) is 0 Å². The normalized spacial score (nSPS) is 35.3. The van der Waals surface area contributed by atoms with Crippen LogP contribution in [0.1, 0.15) is 44.1 Å². The van der Waals surface area contributed by atoms with Crippen molar-refractivity contribution in [3.8, 4) is 0 Å². The number of ether oxygens (including phenoxy) is 1.